The van der Waals surface area contributed by atoms with Crippen LogP contribution >= 0.6 is 0 Å². The Hall–Kier alpha value is -3.35. The van der Waals surface area contributed by atoms with Crippen molar-refractivity contribution in [2.24, 2.45) is 0 Å². The third-order valence-corrected chi connectivity index (χ3v) is 3.02. The summed E-state index contributed by atoms with van der Waals surface area (Å²) in [6, 6.07) is 9.97. The van der Waals surface area contributed by atoms with Gasteiger partial charge in [0.05, 0.1) is 14.2 Å². The summed E-state index contributed by atoms with van der Waals surface area (Å²) in [5.41, 5.74) is 0.402. The fourth-order valence-electron chi connectivity index (χ4n) is 1.71. The maximum Gasteiger partial charge on any atom is 0.225 e. The molecule has 0 saturated heterocycles. The maximum absolute atomic E-state index is 13.0. The highest BCUT2D eigenvalue weighted by molar-refractivity contribution is 6.33. The Balaban J connectivity index is 0.000000251. The van der Waals surface area contributed by atoms with Crippen molar-refractivity contribution in [3.05, 3.63) is 59.4 Å². The SMILES string of the molecule is COc1ccc(C(=O)C=O)cc1.COc1ccc(C(=O)C=O)cc1F. The molecule has 0 saturated carbocycles. The predicted molar refractivity (Wildman–Crippen MR) is 86.7 cm³/mol. The predicted octanol–water partition coefficient (Wildman–Crippen LogP) is 2.29. The zero-order chi connectivity index (χ0) is 18.8. The third kappa shape index (κ3) is 5.65. The fourth-order valence-corrected chi connectivity index (χ4v) is 1.71. The van der Waals surface area contributed by atoms with E-state index in [2.05, 4.69) is 4.74 Å². The van der Waals surface area contributed by atoms with Gasteiger partial charge in [-0.15, -0.1) is 0 Å². The van der Waals surface area contributed by atoms with Crippen LogP contribution in [0.4, 0.5) is 4.39 Å². The van der Waals surface area contributed by atoms with Crippen molar-refractivity contribution in [1.29, 1.82) is 0 Å². The van der Waals surface area contributed by atoms with E-state index in [4.69, 9.17) is 4.74 Å². The molecule has 0 fully saturated rings. The van der Waals surface area contributed by atoms with Crippen LogP contribution in [0, 0.1) is 5.82 Å². The van der Waals surface area contributed by atoms with Crippen molar-refractivity contribution in [2.45, 2.75) is 0 Å². The van der Waals surface area contributed by atoms with Gasteiger partial charge in [-0.3, -0.25) is 19.2 Å². The molecule has 2 aromatic rings. The van der Waals surface area contributed by atoms with Crippen LogP contribution in [-0.4, -0.2) is 38.4 Å². The van der Waals surface area contributed by atoms with E-state index in [1.807, 2.05) is 0 Å². The molecule has 0 spiro atoms. The highest BCUT2D eigenvalue weighted by Crippen LogP contribution is 2.17. The van der Waals surface area contributed by atoms with Gasteiger partial charge < -0.3 is 9.47 Å². The minimum absolute atomic E-state index is 0.0216. The molecule has 2 rings (SSSR count). The molecule has 0 aromatic heterocycles. The van der Waals surface area contributed by atoms with E-state index in [0.29, 0.717) is 17.6 Å². The molecule has 25 heavy (non-hydrogen) atoms. The van der Waals surface area contributed by atoms with Gasteiger partial charge in [-0.1, -0.05) is 0 Å². The first-order valence-electron chi connectivity index (χ1n) is 6.93. The lowest BCUT2D eigenvalue weighted by Crippen LogP contribution is -2.00. The van der Waals surface area contributed by atoms with Gasteiger partial charge in [-0.2, -0.15) is 0 Å². The number of rotatable bonds is 6. The number of hydrogen-bond donors (Lipinski definition) is 0. The van der Waals surface area contributed by atoms with Crippen LogP contribution in [0.3, 0.4) is 0 Å². The second kappa shape index (κ2) is 9.71. The standard InChI is InChI=1S/C9H7FO3.C9H8O3/c1-13-9-3-2-6(4-7(9)10)8(12)5-11;1-12-8-4-2-7(3-5-8)9(11)6-10/h2-5H,1H3;2-6H,1H3. The maximum atomic E-state index is 13.0. The van der Waals surface area contributed by atoms with Gasteiger partial charge in [-0.05, 0) is 42.5 Å². The molecule has 0 bridgehead atoms. The Kier molecular flexibility index (Phi) is 7.65. The van der Waals surface area contributed by atoms with Crippen LogP contribution in [0.2, 0.25) is 0 Å². The molecular weight excluding hydrogens is 331 g/mol. The second-order valence-electron chi connectivity index (χ2n) is 4.54. The van der Waals surface area contributed by atoms with Crippen molar-refractivity contribution in [3.8, 4) is 11.5 Å². The minimum atomic E-state index is -0.749. The molecular formula is C18H15FO6. The van der Waals surface area contributed by atoms with Crippen LogP contribution in [0.5, 0.6) is 11.5 Å². The normalized spacial score (nSPS) is 9.24. The summed E-state index contributed by atoms with van der Waals surface area (Å²) in [5, 5.41) is 0. The molecule has 0 aliphatic heterocycles. The molecule has 130 valence electrons. The van der Waals surface area contributed by atoms with Gasteiger partial charge in [-0.25, -0.2) is 4.39 Å². The Labute approximate surface area is 143 Å². The first-order chi connectivity index (χ1) is 12.0. The summed E-state index contributed by atoms with van der Waals surface area (Å²) in [6.07, 6.45) is 0.434. The molecule has 0 amide bonds. The number of Topliss-reactive ketones (excluding diaryl/α,β-unsaturated/α-hetero) is 2. The molecule has 0 unspecified atom stereocenters. The average molecular weight is 346 g/mol. The van der Waals surface area contributed by atoms with E-state index in [9.17, 15) is 23.6 Å². The molecule has 2 aromatic carbocycles. The molecule has 0 radical (unpaired) electrons. The van der Waals surface area contributed by atoms with Gasteiger partial charge >= 0.3 is 0 Å². The summed E-state index contributed by atoms with van der Waals surface area (Å²) in [7, 11) is 2.86. The van der Waals surface area contributed by atoms with Gasteiger partial charge in [0, 0.05) is 11.1 Å². The van der Waals surface area contributed by atoms with Crippen LogP contribution < -0.4 is 9.47 Å². The van der Waals surface area contributed by atoms with Crippen LogP contribution in [0.25, 0.3) is 0 Å². The number of methoxy groups -OCH3 is 2. The summed E-state index contributed by atoms with van der Waals surface area (Å²) in [5.74, 6) is -1.21. The largest absolute Gasteiger partial charge is 0.497 e. The molecule has 7 heteroatoms. The average Bonchev–Trinajstić information content (AvgIpc) is 2.67. The molecule has 0 N–H and O–H groups in total. The van der Waals surface area contributed by atoms with Crippen molar-refractivity contribution in [3.63, 3.8) is 0 Å². The van der Waals surface area contributed by atoms with E-state index in [1.54, 1.807) is 24.3 Å². The number of hydrogen-bond acceptors (Lipinski definition) is 6. The van der Waals surface area contributed by atoms with E-state index >= 15 is 0 Å². The van der Waals surface area contributed by atoms with Gasteiger partial charge in [0.15, 0.2) is 24.1 Å². The number of carbonyl (C=O) groups is 4. The molecule has 6 nitrogen and oxygen atoms in total. The van der Waals surface area contributed by atoms with Gasteiger partial charge in [0.25, 0.3) is 0 Å². The smallest absolute Gasteiger partial charge is 0.225 e. The number of halogens is 1. The van der Waals surface area contributed by atoms with Crippen molar-refractivity contribution < 1.29 is 33.0 Å². The van der Waals surface area contributed by atoms with Crippen molar-refractivity contribution in [2.75, 3.05) is 14.2 Å². The van der Waals surface area contributed by atoms with Crippen molar-refractivity contribution in [1.82, 2.24) is 0 Å². The summed E-state index contributed by atoms with van der Waals surface area (Å²) >= 11 is 0. The number of carbonyl (C=O) groups excluding carboxylic acids is 4. The Morgan fingerprint density at radius 1 is 0.840 bits per heavy atom. The van der Waals surface area contributed by atoms with Gasteiger partial charge in [0.1, 0.15) is 5.75 Å². The highest BCUT2D eigenvalue weighted by Gasteiger charge is 2.08. The number of aldehydes is 2. The molecule has 0 aliphatic carbocycles. The zero-order valence-electron chi connectivity index (χ0n) is 13.5. The number of ether oxygens (including phenoxy) is 2. The van der Waals surface area contributed by atoms with Crippen LogP contribution in [0.1, 0.15) is 20.7 Å². The summed E-state index contributed by atoms with van der Waals surface area (Å²) < 4.78 is 22.5. The summed E-state index contributed by atoms with van der Waals surface area (Å²) in [6.45, 7) is 0. The molecule has 0 aliphatic rings. The quantitative estimate of drug-likeness (QED) is 0.453. The van der Waals surface area contributed by atoms with Crippen molar-refractivity contribution >= 4 is 24.1 Å². The number of ketones is 2. The Morgan fingerprint density at radius 3 is 1.80 bits per heavy atom. The lowest BCUT2D eigenvalue weighted by atomic mass is 10.1. The zero-order valence-corrected chi connectivity index (χ0v) is 13.5. The Bertz CT molecular complexity index is 768. The topological polar surface area (TPSA) is 86.7 Å². The van der Waals surface area contributed by atoms with Crippen LogP contribution in [0.15, 0.2) is 42.5 Å². The monoisotopic (exact) mass is 346 g/mol. The van der Waals surface area contributed by atoms with E-state index < -0.39 is 17.4 Å². The first-order valence-corrected chi connectivity index (χ1v) is 6.93. The van der Waals surface area contributed by atoms with E-state index in [-0.39, 0.29) is 17.6 Å². The van der Waals surface area contributed by atoms with Gasteiger partial charge in [0.2, 0.25) is 11.6 Å². The van der Waals surface area contributed by atoms with E-state index in [1.165, 1.54) is 26.4 Å². The van der Waals surface area contributed by atoms with Crippen LogP contribution in [-0.2, 0) is 9.59 Å². The molecule has 0 atom stereocenters. The lowest BCUT2D eigenvalue weighted by Gasteiger charge is -2.01. The fraction of sp³-hybridized carbons (Fsp3) is 0.111. The second-order valence-corrected chi connectivity index (χ2v) is 4.54. The highest BCUT2D eigenvalue weighted by atomic mass is 19.1. The first kappa shape index (κ1) is 19.7. The van der Waals surface area contributed by atoms with E-state index in [0.717, 1.165) is 6.07 Å². The molecule has 0 heterocycles. The third-order valence-electron chi connectivity index (χ3n) is 3.02. The number of benzene rings is 2. The Morgan fingerprint density at radius 2 is 1.36 bits per heavy atom. The lowest BCUT2D eigenvalue weighted by molar-refractivity contribution is -0.105. The summed E-state index contributed by atoms with van der Waals surface area (Å²) in [4.78, 5) is 41.7. The minimum Gasteiger partial charge on any atom is -0.497 e.